The second-order valence-electron chi connectivity index (χ2n) is 4.59. The molecule has 0 N–H and O–H groups in total. The topological polar surface area (TPSA) is 26.3 Å². The second-order valence-corrected chi connectivity index (χ2v) is 5.67. The van der Waals surface area contributed by atoms with E-state index in [1.165, 1.54) is 12.8 Å². The fourth-order valence-electron chi connectivity index (χ4n) is 2.09. The van der Waals surface area contributed by atoms with Crippen molar-refractivity contribution in [3.05, 3.63) is 34.7 Å². The molecule has 0 saturated carbocycles. The normalized spacial score (nSPS) is 15.9. The highest BCUT2D eigenvalue weighted by Crippen LogP contribution is 2.41. The smallest absolute Gasteiger partial charge is 0.200 e. The molecule has 0 radical (unpaired) electrons. The third-order valence-corrected chi connectivity index (χ3v) is 4.24. The summed E-state index contributed by atoms with van der Waals surface area (Å²) < 4.78 is 5.45. The molecule has 1 aromatic carbocycles. The fraction of sp³-hybridized carbons (Fsp3) is 0.438. The molecular weight excluding hydrogens is 256 g/mol. The summed E-state index contributed by atoms with van der Waals surface area (Å²) in [6.07, 6.45) is 6.68. The van der Waals surface area contributed by atoms with Crippen LogP contribution in [0, 0.1) is 0 Å². The van der Waals surface area contributed by atoms with Gasteiger partial charge >= 0.3 is 0 Å². The van der Waals surface area contributed by atoms with Gasteiger partial charge in [-0.2, -0.15) is 0 Å². The zero-order valence-corrected chi connectivity index (χ0v) is 12.4. The van der Waals surface area contributed by atoms with Crippen molar-refractivity contribution in [2.45, 2.75) is 44.4 Å². The summed E-state index contributed by atoms with van der Waals surface area (Å²) in [7, 11) is 0. The van der Waals surface area contributed by atoms with Crippen molar-refractivity contribution >= 4 is 17.5 Å². The van der Waals surface area contributed by atoms with Crippen molar-refractivity contribution in [3.8, 4) is 5.75 Å². The van der Waals surface area contributed by atoms with Gasteiger partial charge in [0.1, 0.15) is 5.75 Å². The van der Waals surface area contributed by atoms with Gasteiger partial charge in [0.15, 0.2) is 0 Å². The Morgan fingerprint density at radius 1 is 1.26 bits per heavy atom. The van der Waals surface area contributed by atoms with Crippen LogP contribution in [0.2, 0.25) is 0 Å². The molecule has 0 spiro atoms. The van der Waals surface area contributed by atoms with Gasteiger partial charge in [0.2, 0.25) is 5.78 Å². The maximum absolute atomic E-state index is 12.3. The van der Waals surface area contributed by atoms with E-state index >= 15 is 0 Å². The van der Waals surface area contributed by atoms with Crippen LogP contribution in [0.1, 0.15) is 49.9 Å². The zero-order chi connectivity index (χ0) is 13.7. The Hall–Kier alpha value is -1.22. The first-order valence-corrected chi connectivity index (χ1v) is 7.77. The van der Waals surface area contributed by atoms with Crippen molar-refractivity contribution < 1.29 is 9.53 Å². The lowest BCUT2D eigenvalue weighted by Gasteiger charge is -2.03. The first kappa shape index (κ1) is 14.2. The number of fused-ring (bicyclic) bond motifs is 1. The summed E-state index contributed by atoms with van der Waals surface area (Å²) in [5.74, 6) is 0.931. The standard InChI is InChI=1S/C16H20O2S/c1-3-5-6-7-8-15-16(17)13-11-12(18-4-2)9-10-14(13)19-15/h8-11H,3-7H2,1-2H3/b15-8-. The van der Waals surface area contributed by atoms with Gasteiger partial charge in [0, 0.05) is 10.5 Å². The molecular formula is C16H20O2S. The van der Waals surface area contributed by atoms with Gasteiger partial charge < -0.3 is 4.74 Å². The molecule has 0 atom stereocenters. The molecule has 1 aliphatic heterocycles. The van der Waals surface area contributed by atoms with Crippen molar-refractivity contribution in [2.75, 3.05) is 6.61 Å². The molecule has 2 rings (SSSR count). The van der Waals surface area contributed by atoms with Crippen LogP contribution < -0.4 is 4.74 Å². The average molecular weight is 276 g/mol. The minimum absolute atomic E-state index is 0.151. The molecule has 2 nitrogen and oxygen atoms in total. The zero-order valence-electron chi connectivity index (χ0n) is 11.6. The Balaban J connectivity index is 2.08. The highest BCUT2D eigenvalue weighted by Gasteiger charge is 2.25. The van der Waals surface area contributed by atoms with E-state index in [1.54, 1.807) is 11.8 Å². The SMILES string of the molecule is CCCCC/C=C1\Sc2ccc(OCC)cc2C1=O. The first-order valence-electron chi connectivity index (χ1n) is 6.95. The summed E-state index contributed by atoms with van der Waals surface area (Å²) in [5.41, 5.74) is 0.790. The van der Waals surface area contributed by atoms with Crippen molar-refractivity contribution in [1.29, 1.82) is 0 Å². The molecule has 1 aliphatic rings. The molecule has 0 fully saturated rings. The summed E-state index contributed by atoms with van der Waals surface area (Å²) in [6, 6.07) is 5.78. The first-order chi connectivity index (χ1) is 9.26. The molecule has 0 saturated heterocycles. The predicted molar refractivity (Wildman–Crippen MR) is 80.0 cm³/mol. The number of benzene rings is 1. The van der Waals surface area contributed by atoms with Crippen molar-refractivity contribution in [3.63, 3.8) is 0 Å². The Bertz CT molecular complexity index is 492. The summed E-state index contributed by atoms with van der Waals surface area (Å²) in [4.78, 5) is 14.2. The lowest BCUT2D eigenvalue weighted by molar-refractivity contribution is 0.104. The molecule has 102 valence electrons. The molecule has 0 unspecified atom stereocenters. The second kappa shape index (κ2) is 6.80. The van der Waals surface area contributed by atoms with Crippen LogP contribution in [0.5, 0.6) is 5.75 Å². The number of thioether (sulfide) groups is 1. The van der Waals surface area contributed by atoms with Crippen molar-refractivity contribution in [1.82, 2.24) is 0 Å². The van der Waals surface area contributed by atoms with E-state index in [1.807, 2.05) is 25.1 Å². The maximum atomic E-state index is 12.3. The van der Waals surface area contributed by atoms with E-state index < -0.39 is 0 Å². The van der Waals surface area contributed by atoms with Crippen LogP contribution in [0.25, 0.3) is 0 Å². The Kier molecular flexibility index (Phi) is 5.08. The monoisotopic (exact) mass is 276 g/mol. The number of hydrogen-bond donors (Lipinski definition) is 0. The van der Waals surface area contributed by atoms with E-state index in [-0.39, 0.29) is 5.78 Å². The molecule has 19 heavy (non-hydrogen) atoms. The Morgan fingerprint density at radius 3 is 2.84 bits per heavy atom. The largest absolute Gasteiger partial charge is 0.494 e. The van der Waals surface area contributed by atoms with Gasteiger partial charge in [0.25, 0.3) is 0 Å². The van der Waals surface area contributed by atoms with E-state index in [4.69, 9.17) is 4.74 Å². The van der Waals surface area contributed by atoms with Crippen LogP contribution in [0.4, 0.5) is 0 Å². The predicted octanol–water partition coefficient (Wildman–Crippen LogP) is 4.84. The fourth-order valence-corrected chi connectivity index (χ4v) is 3.13. The minimum atomic E-state index is 0.151. The van der Waals surface area contributed by atoms with E-state index in [0.29, 0.717) is 6.61 Å². The summed E-state index contributed by atoms with van der Waals surface area (Å²) in [6.45, 7) is 4.76. The lowest BCUT2D eigenvalue weighted by Crippen LogP contribution is -1.97. The third-order valence-electron chi connectivity index (χ3n) is 3.09. The van der Waals surface area contributed by atoms with E-state index in [2.05, 4.69) is 13.0 Å². The number of Topliss-reactive ketones (excluding diaryl/α,β-unsaturated/α-hetero) is 1. The van der Waals surface area contributed by atoms with Crippen LogP contribution in [-0.4, -0.2) is 12.4 Å². The number of allylic oxidation sites excluding steroid dienone is 2. The molecule has 3 heteroatoms. The number of carbonyl (C=O) groups is 1. The van der Waals surface area contributed by atoms with Gasteiger partial charge in [-0.25, -0.2) is 0 Å². The van der Waals surface area contributed by atoms with Gasteiger partial charge in [-0.1, -0.05) is 37.6 Å². The Morgan fingerprint density at radius 2 is 2.11 bits per heavy atom. The molecule has 0 aromatic heterocycles. The van der Waals surface area contributed by atoms with Gasteiger partial charge in [-0.3, -0.25) is 4.79 Å². The minimum Gasteiger partial charge on any atom is -0.494 e. The molecule has 1 heterocycles. The van der Waals surface area contributed by atoms with Gasteiger partial charge in [-0.05, 0) is 38.0 Å². The molecule has 0 amide bonds. The van der Waals surface area contributed by atoms with E-state index in [0.717, 1.165) is 34.0 Å². The van der Waals surface area contributed by atoms with Crippen molar-refractivity contribution in [2.24, 2.45) is 0 Å². The van der Waals surface area contributed by atoms with E-state index in [9.17, 15) is 4.79 Å². The van der Waals surface area contributed by atoms with Gasteiger partial charge in [-0.15, -0.1) is 0 Å². The number of ketones is 1. The van der Waals surface area contributed by atoms with Gasteiger partial charge in [0.05, 0.1) is 11.5 Å². The van der Waals surface area contributed by atoms with Crippen LogP contribution in [-0.2, 0) is 0 Å². The lowest BCUT2D eigenvalue weighted by atomic mass is 10.1. The number of hydrogen-bond acceptors (Lipinski definition) is 3. The average Bonchev–Trinajstić information content (AvgIpc) is 2.72. The third kappa shape index (κ3) is 3.41. The highest BCUT2D eigenvalue weighted by molar-refractivity contribution is 8.04. The maximum Gasteiger partial charge on any atom is 0.200 e. The highest BCUT2D eigenvalue weighted by atomic mass is 32.2. The quantitative estimate of drug-likeness (QED) is 0.549. The summed E-state index contributed by atoms with van der Waals surface area (Å²) in [5, 5.41) is 0. The molecule has 1 aromatic rings. The molecule has 0 aliphatic carbocycles. The number of carbonyl (C=O) groups excluding carboxylic acids is 1. The summed E-state index contributed by atoms with van der Waals surface area (Å²) >= 11 is 1.59. The molecule has 0 bridgehead atoms. The number of ether oxygens (including phenoxy) is 1. The van der Waals surface area contributed by atoms with Crippen LogP contribution in [0.3, 0.4) is 0 Å². The number of rotatable bonds is 6. The van der Waals surface area contributed by atoms with Crippen LogP contribution >= 0.6 is 11.8 Å². The Labute approximate surface area is 119 Å². The van der Waals surface area contributed by atoms with Crippen LogP contribution in [0.15, 0.2) is 34.1 Å². The number of unbranched alkanes of at least 4 members (excludes halogenated alkanes) is 3.